The predicted octanol–water partition coefficient (Wildman–Crippen LogP) is 4.12. The van der Waals surface area contributed by atoms with Gasteiger partial charge in [0.2, 0.25) is 15.9 Å². The number of nitrogens with one attached hydrogen (secondary N) is 3. The first kappa shape index (κ1) is 26.7. The number of rotatable bonds is 10. The largest absolute Gasteiger partial charge is 0.492 e. The average Bonchev–Trinajstić information content (AvgIpc) is 3.31. The number of thiocarbonyl (C=S) groups is 1. The van der Waals surface area contributed by atoms with Crippen LogP contribution in [0.1, 0.15) is 25.7 Å². The minimum atomic E-state index is -3.64. The quantitative estimate of drug-likeness (QED) is 0.304. The van der Waals surface area contributed by atoms with Crippen molar-refractivity contribution in [1.29, 1.82) is 0 Å². The van der Waals surface area contributed by atoms with Crippen molar-refractivity contribution in [2.75, 3.05) is 25.1 Å². The molecule has 0 bridgehead atoms. The van der Waals surface area contributed by atoms with Gasteiger partial charge in [0.25, 0.3) is 0 Å². The molecule has 1 atom stereocenters. The maximum atomic E-state index is 12.4. The molecule has 0 aliphatic carbocycles. The van der Waals surface area contributed by atoms with Crippen molar-refractivity contribution < 1.29 is 22.7 Å². The Balaban J connectivity index is 1.38. The number of benzene rings is 2. The summed E-state index contributed by atoms with van der Waals surface area (Å²) in [6.07, 6.45) is 2.35. The van der Waals surface area contributed by atoms with Crippen LogP contribution in [0.2, 0.25) is 10.0 Å². The fourth-order valence-electron chi connectivity index (χ4n) is 3.17. The van der Waals surface area contributed by atoms with Crippen LogP contribution in [0.4, 0.5) is 5.69 Å². The van der Waals surface area contributed by atoms with Gasteiger partial charge in [0.05, 0.1) is 22.6 Å². The standard InChI is InChI=1S/C22H25Cl2N3O5S2/c23-15-5-10-20(19(24)13-15)32-12-2-4-21(28)27-22(33)26-16-6-8-18(9-7-16)34(29,30)25-14-17-3-1-11-31-17/h5-10,13,17,25H,1-4,11-12,14H2,(H2,26,27,28,33). The van der Waals surface area contributed by atoms with E-state index in [1.165, 1.54) is 12.1 Å². The lowest BCUT2D eigenvalue weighted by atomic mass is 10.2. The Labute approximate surface area is 214 Å². The van der Waals surface area contributed by atoms with Gasteiger partial charge in [-0.15, -0.1) is 0 Å². The summed E-state index contributed by atoms with van der Waals surface area (Å²) in [5.41, 5.74) is 0.545. The van der Waals surface area contributed by atoms with Crippen molar-refractivity contribution in [3.05, 3.63) is 52.5 Å². The van der Waals surface area contributed by atoms with E-state index in [9.17, 15) is 13.2 Å². The Morgan fingerprint density at radius 2 is 1.94 bits per heavy atom. The second-order valence-corrected chi connectivity index (χ2v) is 10.6. The molecule has 1 fully saturated rings. The molecule has 1 unspecified atom stereocenters. The van der Waals surface area contributed by atoms with Crippen LogP contribution in [0.3, 0.4) is 0 Å². The van der Waals surface area contributed by atoms with E-state index in [0.29, 0.717) is 41.1 Å². The highest BCUT2D eigenvalue weighted by molar-refractivity contribution is 7.89. The number of ether oxygens (including phenoxy) is 2. The van der Waals surface area contributed by atoms with E-state index in [1.807, 2.05) is 0 Å². The SMILES string of the molecule is O=C(CCCOc1ccc(Cl)cc1Cl)NC(=S)Nc1ccc(S(=O)(=O)NCC2CCCO2)cc1. The molecule has 184 valence electrons. The van der Waals surface area contributed by atoms with E-state index < -0.39 is 10.0 Å². The van der Waals surface area contributed by atoms with Gasteiger partial charge >= 0.3 is 0 Å². The molecule has 0 spiro atoms. The third kappa shape index (κ3) is 8.37. The van der Waals surface area contributed by atoms with Crippen molar-refractivity contribution in [2.24, 2.45) is 0 Å². The van der Waals surface area contributed by atoms with Crippen molar-refractivity contribution >= 4 is 62.2 Å². The molecule has 3 N–H and O–H groups in total. The molecule has 0 radical (unpaired) electrons. The summed E-state index contributed by atoms with van der Waals surface area (Å²) in [6.45, 7) is 1.21. The number of carbonyl (C=O) groups is 1. The third-order valence-corrected chi connectivity index (χ3v) is 7.07. The van der Waals surface area contributed by atoms with Crippen molar-refractivity contribution in [3.63, 3.8) is 0 Å². The van der Waals surface area contributed by atoms with Gasteiger partial charge in [-0.3, -0.25) is 4.79 Å². The average molecular weight is 546 g/mol. The van der Waals surface area contributed by atoms with Crippen LogP contribution in [-0.2, 0) is 19.6 Å². The molecule has 2 aromatic rings. The lowest BCUT2D eigenvalue weighted by Gasteiger charge is -2.13. The van der Waals surface area contributed by atoms with E-state index >= 15 is 0 Å². The van der Waals surface area contributed by atoms with Crippen LogP contribution < -0.4 is 20.1 Å². The molecule has 1 amide bonds. The Bertz CT molecular complexity index is 1110. The van der Waals surface area contributed by atoms with Gasteiger partial charge in [0.15, 0.2) is 5.11 Å². The van der Waals surface area contributed by atoms with E-state index in [2.05, 4.69) is 15.4 Å². The summed E-state index contributed by atoms with van der Waals surface area (Å²) >= 11 is 17.0. The molecule has 1 saturated heterocycles. The molecule has 0 aromatic heterocycles. The Morgan fingerprint density at radius 3 is 2.62 bits per heavy atom. The molecule has 2 aromatic carbocycles. The fraction of sp³-hybridized carbons (Fsp3) is 0.364. The predicted molar refractivity (Wildman–Crippen MR) is 136 cm³/mol. The summed E-state index contributed by atoms with van der Waals surface area (Å²) in [5.74, 6) is 0.219. The number of halogens is 2. The number of amides is 1. The second kappa shape index (κ2) is 12.7. The number of carbonyl (C=O) groups excluding carboxylic acids is 1. The smallest absolute Gasteiger partial charge is 0.240 e. The first-order valence-corrected chi connectivity index (χ1v) is 13.3. The van der Waals surface area contributed by atoms with Crippen LogP contribution in [0.5, 0.6) is 5.75 Å². The molecule has 1 heterocycles. The normalized spacial score (nSPS) is 15.6. The minimum absolute atomic E-state index is 0.0847. The van der Waals surface area contributed by atoms with Gasteiger partial charge < -0.3 is 20.1 Å². The van der Waals surface area contributed by atoms with Crippen molar-refractivity contribution in [1.82, 2.24) is 10.0 Å². The van der Waals surface area contributed by atoms with E-state index in [4.69, 9.17) is 44.9 Å². The molecule has 0 saturated carbocycles. The number of hydrogen-bond acceptors (Lipinski definition) is 6. The highest BCUT2D eigenvalue weighted by atomic mass is 35.5. The zero-order valence-electron chi connectivity index (χ0n) is 18.2. The maximum Gasteiger partial charge on any atom is 0.240 e. The highest BCUT2D eigenvalue weighted by Gasteiger charge is 2.20. The lowest BCUT2D eigenvalue weighted by Crippen LogP contribution is -2.34. The Morgan fingerprint density at radius 1 is 1.18 bits per heavy atom. The van der Waals surface area contributed by atoms with Gasteiger partial charge in [0, 0.05) is 30.3 Å². The van der Waals surface area contributed by atoms with Gasteiger partial charge in [-0.25, -0.2) is 13.1 Å². The van der Waals surface area contributed by atoms with Crippen molar-refractivity contribution in [3.8, 4) is 5.75 Å². The van der Waals surface area contributed by atoms with Crippen LogP contribution in [0.25, 0.3) is 0 Å². The molecular weight excluding hydrogens is 521 g/mol. The van der Waals surface area contributed by atoms with Gasteiger partial charge in [-0.05, 0) is 73.9 Å². The van der Waals surface area contributed by atoms with Crippen LogP contribution in [0.15, 0.2) is 47.4 Å². The molecule has 8 nitrogen and oxygen atoms in total. The van der Waals surface area contributed by atoms with E-state index in [1.54, 1.807) is 30.3 Å². The lowest BCUT2D eigenvalue weighted by molar-refractivity contribution is -0.119. The monoisotopic (exact) mass is 545 g/mol. The maximum absolute atomic E-state index is 12.4. The summed E-state index contributed by atoms with van der Waals surface area (Å²) in [4.78, 5) is 12.2. The van der Waals surface area contributed by atoms with Crippen LogP contribution in [-0.4, -0.2) is 45.3 Å². The van der Waals surface area contributed by atoms with Gasteiger partial charge in [-0.1, -0.05) is 23.2 Å². The first-order chi connectivity index (χ1) is 16.2. The summed E-state index contributed by atoms with van der Waals surface area (Å²) < 4.78 is 38.4. The molecule has 1 aliphatic rings. The number of sulfonamides is 1. The van der Waals surface area contributed by atoms with Crippen molar-refractivity contribution in [2.45, 2.75) is 36.7 Å². The zero-order chi connectivity index (χ0) is 24.6. The molecule has 1 aliphatic heterocycles. The molecule has 34 heavy (non-hydrogen) atoms. The van der Waals surface area contributed by atoms with Gasteiger partial charge in [-0.2, -0.15) is 0 Å². The molecule has 12 heteroatoms. The highest BCUT2D eigenvalue weighted by Crippen LogP contribution is 2.27. The Kier molecular flexibility index (Phi) is 9.93. The summed E-state index contributed by atoms with van der Waals surface area (Å²) in [6, 6.07) is 11.0. The minimum Gasteiger partial charge on any atom is -0.492 e. The van der Waals surface area contributed by atoms with Crippen LogP contribution in [0, 0.1) is 0 Å². The molecular formula is C22H25Cl2N3O5S2. The summed E-state index contributed by atoms with van der Waals surface area (Å²) in [7, 11) is -3.64. The second-order valence-electron chi connectivity index (χ2n) is 7.54. The first-order valence-electron chi connectivity index (χ1n) is 10.6. The van der Waals surface area contributed by atoms with E-state index in [-0.39, 0.29) is 35.0 Å². The van der Waals surface area contributed by atoms with E-state index in [0.717, 1.165) is 12.8 Å². The summed E-state index contributed by atoms with van der Waals surface area (Å²) in [5, 5.41) is 6.47. The van der Waals surface area contributed by atoms with Gasteiger partial charge in [0.1, 0.15) is 5.75 Å². The number of anilines is 1. The van der Waals surface area contributed by atoms with Crippen LogP contribution >= 0.6 is 35.4 Å². The topological polar surface area (TPSA) is 106 Å². The third-order valence-electron chi connectivity index (χ3n) is 4.90. The zero-order valence-corrected chi connectivity index (χ0v) is 21.3. The number of hydrogen-bond donors (Lipinski definition) is 3. The molecule has 3 rings (SSSR count). The Hall–Kier alpha value is -1.95. The fourth-order valence-corrected chi connectivity index (χ4v) is 4.93.